The van der Waals surface area contributed by atoms with Gasteiger partial charge >= 0.3 is 0 Å². The van der Waals surface area contributed by atoms with Crippen molar-refractivity contribution in [3.8, 4) is 6.07 Å². The molecule has 0 saturated carbocycles. The van der Waals surface area contributed by atoms with Crippen LogP contribution in [0.2, 0.25) is 0 Å². The lowest BCUT2D eigenvalue weighted by Crippen LogP contribution is -2.14. The van der Waals surface area contributed by atoms with Gasteiger partial charge in [-0.05, 0) is 59.4 Å². The maximum atomic E-state index is 13.3. The number of carbonyl (C=O) groups is 1. The fourth-order valence-electron chi connectivity index (χ4n) is 3.07. The van der Waals surface area contributed by atoms with Gasteiger partial charge in [-0.1, -0.05) is 61.5 Å². The SMILES string of the molecule is CCc1ccccc1NC(=O)/C(C#N)=C/c1ccc(Cc2cccc(F)c2)cc1. The van der Waals surface area contributed by atoms with Crippen molar-refractivity contribution >= 4 is 17.7 Å². The summed E-state index contributed by atoms with van der Waals surface area (Å²) in [5.41, 5.74) is 4.43. The van der Waals surface area contributed by atoms with Gasteiger partial charge in [0.25, 0.3) is 5.91 Å². The number of halogens is 1. The molecular weight excluding hydrogens is 363 g/mol. The molecule has 3 aromatic rings. The van der Waals surface area contributed by atoms with Crippen LogP contribution >= 0.6 is 0 Å². The number of nitrogens with zero attached hydrogens (tertiary/aromatic N) is 1. The van der Waals surface area contributed by atoms with Crippen molar-refractivity contribution in [2.24, 2.45) is 0 Å². The summed E-state index contributed by atoms with van der Waals surface area (Å²) in [6.45, 7) is 2.01. The molecule has 0 bridgehead atoms. The van der Waals surface area contributed by atoms with Gasteiger partial charge in [0.15, 0.2) is 0 Å². The third-order valence-electron chi connectivity index (χ3n) is 4.60. The zero-order chi connectivity index (χ0) is 20.6. The lowest BCUT2D eigenvalue weighted by atomic mass is 10.0. The molecule has 0 aliphatic carbocycles. The second kappa shape index (κ2) is 9.48. The standard InChI is InChI=1S/C25H21FN2O/c1-2-21-7-3-4-9-24(21)28-25(29)22(17-27)15-19-12-10-18(11-13-19)14-20-6-5-8-23(26)16-20/h3-13,15-16H,2,14H2,1H3,(H,28,29)/b22-15+. The molecule has 0 heterocycles. The zero-order valence-electron chi connectivity index (χ0n) is 16.2. The van der Waals surface area contributed by atoms with Gasteiger partial charge < -0.3 is 5.32 Å². The van der Waals surface area contributed by atoms with Gasteiger partial charge in [-0.25, -0.2) is 4.39 Å². The van der Waals surface area contributed by atoms with Gasteiger partial charge in [-0.3, -0.25) is 4.79 Å². The minimum Gasteiger partial charge on any atom is -0.321 e. The van der Waals surface area contributed by atoms with Crippen molar-refractivity contribution < 1.29 is 9.18 Å². The quantitative estimate of drug-likeness (QED) is 0.449. The van der Waals surface area contributed by atoms with Gasteiger partial charge in [0, 0.05) is 5.69 Å². The first kappa shape index (κ1) is 20.0. The first-order valence-corrected chi connectivity index (χ1v) is 9.43. The van der Waals surface area contributed by atoms with Crippen LogP contribution in [0.15, 0.2) is 78.4 Å². The normalized spacial score (nSPS) is 11.0. The molecule has 3 rings (SSSR count). The first-order chi connectivity index (χ1) is 14.1. The minimum absolute atomic E-state index is 0.0359. The molecule has 3 nitrogen and oxygen atoms in total. The fourth-order valence-corrected chi connectivity index (χ4v) is 3.07. The van der Waals surface area contributed by atoms with Gasteiger partial charge in [0.2, 0.25) is 0 Å². The Labute approximate surface area is 170 Å². The molecule has 3 aromatic carbocycles. The average molecular weight is 384 g/mol. The van der Waals surface area contributed by atoms with Gasteiger partial charge in [-0.2, -0.15) is 5.26 Å². The maximum absolute atomic E-state index is 13.3. The summed E-state index contributed by atoms with van der Waals surface area (Å²) >= 11 is 0. The second-order valence-corrected chi connectivity index (χ2v) is 6.68. The van der Waals surface area contributed by atoms with Gasteiger partial charge in [0.1, 0.15) is 17.5 Å². The second-order valence-electron chi connectivity index (χ2n) is 6.68. The number of nitriles is 1. The van der Waals surface area contributed by atoms with Crippen LogP contribution in [0.4, 0.5) is 10.1 Å². The van der Waals surface area contributed by atoms with Crippen LogP contribution in [-0.2, 0) is 17.6 Å². The molecule has 144 valence electrons. The van der Waals surface area contributed by atoms with Gasteiger partial charge in [0.05, 0.1) is 0 Å². The third-order valence-corrected chi connectivity index (χ3v) is 4.60. The Morgan fingerprint density at radius 3 is 2.48 bits per heavy atom. The summed E-state index contributed by atoms with van der Waals surface area (Å²) in [5, 5.41) is 12.2. The van der Waals surface area contributed by atoms with Crippen molar-refractivity contribution in [2.75, 3.05) is 5.32 Å². The lowest BCUT2D eigenvalue weighted by molar-refractivity contribution is -0.112. The van der Waals surface area contributed by atoms with Gasteiger partial charge in [-0.15, -0.1) is 0 Å². The predicted molar refractivity (Wildman–Crippen MR) is 114 cm³/mol. The summed E-state index contributed by atoms with van der Waals surface area (Å²) in [7, 11) is 0. The van der Waals surface area contributed by atoms with Crippen molar-refractivity contribution in [1.29, 1.82) is 5.26 Å². The molecule has 0 saturated heterocycles. The van der Waals surface area contributed by atoms with Crippen LogP contribution in [0.25, 0.3) is 6.08 Å². The van der Waals surface area contributed by atoms with E-state index in [1.807, 2.05) is 67.6 Å². The minimum atomic E-state index is -0.433. The van der Waals surface area contributed by atoms with Crippen molar-refractivity contribution in [2.45, 2.75) is 19.8 Å². The molecule has 0 aliphatic heterocycles. The van der Waals surface area contributed by atoms with Crippen molar-refractivity contribution in [3.05, 3.63) is 106 Å². The summed E-state index contributed by atoms with van der Waals surface area (Å²) in [6.07, 6.45) is 2.96. The van der Waals surface area contributed by atoms with E-state index < -0.39 is 5.91 Å². The Kier molecular flexibility index (Phi) is 6.55. The van der Waals surface area contributed by atoms with E-state index in [2.05, 4.69) is 5.32 Å². The van der Waals surface area contributed by atoms with Crippen LogP contribution in [-0.4, -0.2) is 5.91 Å². The summed E-state index contributed by atoms with van der Waals surface area (Å²) in [5.74, 6) is -0.686. The molecule has 0 unspecified atom stereocenters. The van der Waals surface area contributed by atoms with E-state index in [-0.39, 0.29) is 11.4 Å². The van der Waals surface area contributed by atoms with Crippen molar-refractivity contribution in [3.63, 3.8) is 0 Å². The number of carbonyl (C=O) groups excluding carboxylic acids is 1. The van der Waals surface area contributed by atoms with E-state index in [0.29, 0.717) is 12.1 Å². The number of hydrogen-bond donors (Lipinski definition) is 1. The summed E-state index contributed by atoms with van der Waals surface area (Å²) in [4.78, 5) is 12.5. The molecular formula is C25H21FN2O. The van der Waals surface area contributed by atoms with Crippen LogP contribution in [0, 0.1) is 17.1 Å². The molecule has 0 spiro atoms. The summed E-state index contributed by atoms with van der Waals surface area (Å²) in [6, 6.07) is 23.5. The van der Waals surface area contributed by atoms with E-state index in [9.17, 15) is 14.4 Å². The highest BCUT2D eigenvalue weighted by Crippen LogP contribution is 2.18. The Hall–Kier alpha value is -3.71. The third kappa shape index (κ3) is 5.40. The van der Waals surface area contributed by atoms with E-state index in [0.717, 1.165) is 28.7 Å². The molecule has 0 atom stereocenters. The molecule has 1 N–H and O–H groups in total. The van der Waals surface area contributed by atoms with Crippen LogP contribution in [0.5, 0.6) is 0 Å². The molecule has 0 radical (unpaired) electrons. The molecule has 4 heteroatoms. The Morgan fingerprint density at radius 2 is 1.79 bits per heavy atom. The number of amides is 1. The zero-order valence-corrected chi connectivity index (χ0v) is 16.2. The van der Waals surface area contributed by atoms with Crippen molar-refractivity contribution in [1.82, 2.24) is 0 Å². The predicted octanol–water partition coefficient (Wildman–Crippen LogP) is 5.52. The molecule has 0 fully saturated rings. The number of nitrogens with one attached hydrogen (secondary N) is 1. The first-order valence-electron chi connectivity index (χ1n) is 9.43. The number of benzene rings is 3. The highest BCUT2D eigenvalue weighted by atomic mass is 19.1. The monoisotopic (exact) mass is 384 g/mol. The Morgan fingerprint density at radius 1 is 1.03 bits per heavy atom. The highest BCUT2D eigenvalue weighted by molar-refractivity contribution is 6.09. The highest BCUT2D eigenvalue weighted by Gasteiger charge is 2.11. The van der Waals surface area contributed by atoms with Crippen LogP contribution < -0.4 is 5.32 Å². The van der Waals surface area contributed by atoms with E-state index in [1.165, 1.54) is 12.1 Å². The Balaban J connectivity index is 1.73. The van der Waals surface area contributed by atoms with Crippen LogP contribution in [0.1, 0.15) is 29.2 Å². The maximum Gasteiger partial charge on any atom is 0.266 e. The number of aryl methyl sites for hydroxylation is 1. The molecule has 1 amide bonds. The van der Waals surface area contributed by atoms with E-state index in [4.69, 9.17) is 0 Å². The Bertz CT molecular complexity index is 1080. The van der Waals surface area contributed by atoms with E-state index >= 15 is 0 Å². The van der Waals surface area contributed by atoms with E-state index in [1.54, 1.807) is 12.1 Å². The topological polar surface area (TPSA) is 52.9 Å². The lowest BCUT2D eigenvalue weighted by Gasteiger charge is -2.09. The molecule has 0 aliphatic rings. The average Bonchev–Trinajstić information content (AvgIpc) is 2.73. The number of hydrogen-bond acceptors (Lipinski definition) is 2. The smallest absolute Gasteiger partial charge is 0.266 e. The number of anilines is 1. The summed E-state index contributed by atoms with van der Waals surface area (Å²) < 4.78 is 13.3. The molecule has 29 heavy (non-hydrogen) atoms. The number of para-hydroxylation sites is 1. The fraction of sp³-hybridized carbons (Fsp3) is 0.120. The molecule has 0 aromatic heterocycles. The largest absolute Gasteiger partial charge is 0.321 e. The van der Waals surface area contributed by atoms with Crippen LogP contribution in [0.3, 0.4) is 0 Å². The number of rotatable bonds is 6.